The van der Waals surface area contributed by atoms with Gasteiger partial charge >= 0.3 is 0 Å². The Balaban J connectivity index is 1.99. The molecule has 106 valence electrons. The summed E-state index contributed by atoms with van der Waals surface area (Å²) >= 11 is 0. The molecule has 2 heterocycles. The van der Waals surface area contributed by atoms with E-state index in [0.717, 1.165) is 36.7 Å². The largest absolute Gasteiger partial charge is 0.370 e. The molecule has 0 aliphatic rings. The fourth-order valence-corrected chi connectivity index (χ4v) is 2.01. The van der Waals surface area contributed by atoms with Crippen LogP contribution in [0.3, 0.4) is 0 Å². The average Bonchev–Trinajstić information content (AvgIpc) is 2.51. The van der Waals surface area contributed by atoms with Crippen LogP contribution in [0.2, 0.25) is 0 Å². The smallest absolute Gasteiger partial charge is 0.128 e. The van der Waals surface area contributed by atoms with E-state index >= 15 is 0 Å². The van der Waals surface area contributed by atoms with Crippen LogP contribution < -0.4 is 10.6 Å². The second-order valence-electron chi connectivity index (χ2n) is 4.65. The number of nitrogens with one attached hydrogen (secondary N) is 2. The first kappa shape index (κ1) is 14.3. The minimum Gasteiger partial charge on any atom is -0.370 e. The highest BCUT2D eigenvalue weighted by Crippen LogP contribution is 2.12. The molecule has 0 aromatic carbocycles. The molecule has 20 heavy (non-hydrogen) atoms. The third kappa shape index (κ3) is 3.95. The quantitative estimate of drug-likeness (QED) is 0.809. The molecule has 0 aliphatic heterocycles. The second kappa shape index (κ2) is 7.48. The van der Waals surface area contributed by atoms with Gasteiger partial charge in [0.25, 0.3) is 0 Å². The molecule has 2 aromatic heterocycles. The maximum Gasteiger partial charge on any atom is 0.128 e. The summed E-state index contributed by atoms with van der Waals surface area (Å²) in [6, 6.07) is 10.1. The number of rotatable bonds is 7. The van der Waals surface area contributed by atoms with Crippen molar-refractivity contribution in [3.63, 3.8) is 0 Å². The predicted molar refractivity (Wildman–Crippen MR) is 84.0 cm³/mol. The lowest BCUT2D eigenvalue weighted by Gasteiger charge is -2.10. The lowest BCUT2D eigenvalue weighted by molar-refractivity contribution is 0.955. The summed E-state index contributed by atoms with van der Waals surface area (Å²) in [4.78, 5) is 8.96. The molecule has 0 radical (unpaired) electrons. The summed E-state index contributed by atoms with van der Waals surface area (Å²) in [7, 11) is 0. The number of hydrogen-bond donors (Lipinski definition) is 2. The molecule has 0 atom stereocenters. The van der Waals surface area contributed by atoms with Gasteiger partial charge in [-0.3, -0.25) is 4.98 Å². The number of nitrogens with zero attached hydrogens (tertiary/aromatic N) is 2. The molecule has 2 rings (SSSR count). The average molecular weight is 270 g/mol. The van der Waals surface area contributed by atoms with E-state index in [-0.39, 0.29) is 0 Å². The highest BCUT2D eigenvalue weighted by atomic mass is 15.1. The van der Waals surface area contributed by atoms with Crippen molar-refractivity contribution in [3.8, 4) is 0 Å². The van der Waals surface area contributed by atoms with Crippen molar-refractivity contribution in [2.45, 2.75) is 33.2 Å². The van der Waals surface area contributed by atoms with Crippen LogP contribution in [0.1, 0.15) is 31.5 Å². The summed E-state index contributed by atoms with van der Waals surface area (Å²) in [6.07, 6.45) is 3.92. The Morgan fingerprint density at radius 2 is 1.80 bits per heavy atom. The van der Waals surface area contributed by atoms with Crippen molar-refractivity contribution in [1.29, 1.82) is 0 Å². The van der Waals surface area contributed by atoms with Gasteiger partial charge in [0.2, 0.25) is 0 Å². The molecule has 0 amide bonds. The third-order valence-corrected chi connectivity index (χ3v) is 3.11. The normalized spacial score (nSPS) is 10.3. The van der Waals surface area contributed by atoms with E-state index in [4.69, 9.17) is 0 Å². The molecule has 0 unspecified atom stereocenters. The standard InChI is InChI=1S/C16H22N4/c1-3-10-18-15-8-5-9-16(20-15)19-12-14-13(4-2)7-6-11-17-14/h5-9,11H,3-4,10,12H2,1-2H3,(H2,18,19,20). The minimum atomic E-state index is 0.703. The molecule has 0 saturated heterocycles. The highest BCUT2D eigenvalue weighted by molar-refractivity contribution is 5.45. The Morgan fingerprint density at radius 1 is 1.00 bits per heavy atom. The van der Waals surface area contributed by atoms with Crippen molar-refractivity contribution >= 4 is 11.6 Å². The summed E-state index contributed by atoms with van der Waals surface area (Å²) in [6.45, 7) is 5.93. The van der Waals surface area contributed by atoms with Gasteiger partial charge in [-0.25, -0.2) is 4.98 Å². The van der Waals surface area contributed by atoms with Crippen molar-refractivity contribution < 1.29 is 0 Å². The van der Waals surface area contributed by atoms with E-state index < -0.39 is 0 Å². The van der Waals surface area contributed by atoms with Gasteiger partial charge < -0.3 is 10.6 Å². The number of aryl methyl sites for hydroxylation is 1. The zero-order valence-electron chi connectivity index (χ0n) is 12.2. The van der Waals surface area contributed by atoms with Crippen LogP contribution in [0, 0.1) is 0 Å². The van der Waals surface area contributed by atoms with Crippen LogP contribution in [0.25, 0.3) is 0 Å². The molecule has 2 N–H and O–H groups in total. The van der Waals surface area contributed by atoms with Crippen LogP contribution in [-0.2, 0) is 13.0 Å². The fourth-order valence-electron chi connectivity index (χ4n) is 2.01. The first-order chi connectivity index (χ1) is 9.83. The Kier molecular flexibility index (Phi) is 5.35. The Labute approximate surface area is 120 Å². The van der Waals surface area contributed by atoms with Crippen LogP contribution in [0.15, 0.2) is 36.5 Å². The second-order valence-corrected chi connectivity index (χ2v) is 4.65. The van der Waals surface area contributed by atoms with E-state index in [1.165, 1.54) is 5.56 Å². The highest BCUT2D eigenvalue weighted by Gasteiger charge is 2.02. The summed E-state index contributed by atoms with van der Waals surface area (Å²) in [5, 5.41) is 6.63. The zero-order chi connectivity index (χ0) is 14.2. The van der Waals surface area contributed by atoms with Gasteiger partial charge in [0.1, 0.15) is 11.6 Å². The van der Waals surface area contributed by atoms with Crippen LogP contribution in [0.5, 0.6) is 0 Å². The SMILES string of the molecule is CCCNc1cccc(NCc2ncccc2CC)n1. The number of pyridine rings is 2. The van der Waals surface area contributed by atoms with Gasteiger partial charge in [0, 0.05) is 12.7 Å². The Hall–Kier alpha value is -2.10. The molecule has 4 nitrogen and oxygen atoms in total. The van der Waals surface area contributed by atoms with Gasteiger partial charge in [-0.05, 0) is 36.6 Å². The number of aromatic nitrogens is 2. The molecular formula is C16H22N4. The van der Waals surface area contributed by atoms with Gasteiger partial charge in [0.05, 0.1) is 12.2 Å². The molecular weight excluding hydrogens is 248 g/mol. The van der Waals surface area contributed by atoms with Gasteiger partial charge in [-0.2, -0.15) is 0 Å². The van der Waals surface area contributed by atoms with E-state index in [0.29, 0.717) is 6.54 Å². The summed E-state index contributed by atoms with van der Waals surface area (Å²) in [5.41, 5.74) is 2.36. The van der Waals surface area contributed by atoms with Crippen LogP contribution in [-0.4, -0.2) is 16.5 Å². The molecule has 0 bridgehead atoms. The lowest BCUT2D eigenvalue weighted by Crippen LogP contribution is -2.07. The monoisotopic (exact) mass is 270 g/mol. The summed E-state index contributed by atoms with van der Waals surface area (Å²) < 4.78 is 0. The molecule has 4 heteroatoms. The summed E-state index contributed by atoms with van der Waals surface area (Å²) in [5.74, 6) is 1.78. The molecule has 0 fully saturated rings. The first-order valence-electron chi connectivity index (χ1n) is 7.21. The van der Waals surface area contributed by atoms with Crippen molar-refractivity contribution in [1.82, 2.24) is 9.97 Å². The Morgan fingerprint density at radius 3 is 2.55 bits per heavy atom. The maximum atomic E-state index is 4.53. The van der Waals surface area contributed by atoms with Crippen molar-refractivity contribution in [3.05, 3.63) is 47.8 Å². The molecule has 0 aliphatic carbocycles. The van der Waals surface area contributed by atoms with E-state index in [1.807, 2.05) is 30.5 Å². The van der Waals surface area contributed by atoms with Crippen molar-refractivity contribution in [2.24, 2.45) is 0 Å². The number of anilines is 2. The fraction of sp³-hybridized carbons (Fsp3) is 0.375. The zero-order valence-corrected chi connectivity index (χ0v) is 12.2. The predicted octanol–water partition coefficient (Wildman–Crippen LogP) is 3.47. The molecule has 2 aromatic rings. The van der Waals surface area contributed by atoms with Gasteiger partial charge in [-0.15, -0.1) is 0 Å². The molecule has 0 spiro atoms. The first-order valence-corrected chi connectivity index (χ1v) is 7.21. The van der Waals surface area contributed by atoms with E-state index in [1.54, 1.807) is 0 Å². The van der Waals surface area contributed by atoms with Gasteiger partial charge in [-0.1, -0.05) is 26.0 Å². The topological polar surface area (TPSA) is 49.8 Å². The molecule has 0 saturated carbocycles. The van der Waals surface area contributed by atoms with Gasteiger partial charge in [0.15, 0.2) is 0 Å². The van der Waals surface area contributed by atoms with Crippen LogP contribution >= 0.6 is 0 Å². The maximum absolute atomic E-state index is 4.53. The third-order valence-electron chi connectivity index (χ3n) is 3.11. The number of hydrogen-bond acceptors (Lipinski definition) is 4. The van der Waals surface area contributed by atoms with E-state index in [2.05, 4.69) is 40.5 Å². The van der Waals surface area contributed by atoms with Crippen LogP contribution in [0.4, 0.5) is 11.6 Å². The Bertz CT molecular complexity index is 540. The lowest BCUT2D eigenvalue weighted by atomic mass is 10.1. The van der Waals surface area contributed by atoms with Crippen molar-refractivity contribution in [2.75, 3.05) is 17.2 Å². The minimum absolute atomic E-state index is 0.703. The van der Waals surface area contributed by atoms with E-state index in [9.17, 15) is 0 Å².